The lowest BCUT2D eigenvalue weighted by molar-refractivity contribution is -0.166. The number of hydrogen-bond donors (Lipinski definition) is 3. The van der Waals surface area contributed by atoms with Crippen LogP contribution in [0.5, 0.6) is 5.75 Å². The van der Waals surface area contributed by atoms with Crippen LogP contribution in [-0.4, -0.2) is 62.7 Å². The second-order valence-electron chi connectivity index (χ2n) is 10.5. The fourth-order valence-corrected chi connectivity index (χ4v) is 5.60. The summed E-state index contributed by atoms with van der Waals surface area (Å²) in [5, 5.41) is 13.3. The van der Waals surface area contributed by atoms with Gasteiger partial charge >= 0.3 is 5.92 Å². The summed E-state index contributed by atoms with van der Waals surface area (Å²) < 4.78 is 37.8. The lowest BCUT2D eigenvalue weighted by atomic mass is 9.99. The first-order valence-corrected chi connectivity index (χ1v) is 13.1. The summed E-state index contributed by atoms with van der Waals surface area (Å²) in [6, 6.07) is 2.36. The Bertz CT molecular complexity index is 1450. The maximum atomic E-state index is 15.3. The Labute approximate surface area is 222 Å². The van der Waals surface area contributed by atoms with Crippen molar-refractivity contribution >= 4 is 34.1 Å². The predicted octanol–water partition coefficient (Wildman–Crippen LogP) is 3.60. The van der Waals surface area contributed by atoms with Crippen LogP contribution in [0.2, 0.25) is 0 Å². The zero-order valence-corrected chi connectivity index (χ0v) is 23.0. The molecule has 0 bridgehead atoms. The van der Waals surface area contributed by atoms with Crippen LogP contribution in [0, 0.1) is 0 Å². The van der Waals surface area contributed by atoms with Crippen molar-refractivity contribution in [3.63, 3.8) is 0 Å². The van der Waals surface area contributed by atoms with Crippen LogP contribution in [0.4, 0.5) is 8.78 Å². The number of aryl methyl sites for hydroxylation is 1. The molecule has 0 aliphatic carbocycles. The summed E-state index contributed by atoms with van der Waals surface area (Å²) in [4.78, 5) is 41.9. The van der Waals surface area contributed by atoms with Crippen molar-refractivity contribution < 1.29 is 28.2 Å². The zero-order chi connectivity index (χ0) is 28.2. The highest BCUT2D eigenvalue weighted by molar-refractivity contribution is 7.16. The van der Waals surface area contributed by atoms with Crippen molar-refractivity contribution in [3.05, 3.63) is 39.3 Å². The topological polar surface area (TPSA) is 117 Å². The number of aromatic nitrogens is 2. The van der Waals surface area contributed by atoms with Crippen molar-refractivity contribution in [2.24, 2.45) is 7.05 Å². The molecule has 4 heterocycles. The molecule has 12 heteroatoms. The van der Waals surface area contributed by atoms with Gasteiger partial charge in [0, 0.05) is 49.8 Å². The molecule has 38 heavy (non-hydrogen) atoms. The Kier molecular flexibility index (Phi) is 7.17. The molecule has 2 amide bonds. The SMILES string of the molecule is CC(C)NC(=O)c1cc2c(-c3sc(C(F)(F)C(C)(C)O)cc3OCC3CCC(=O)N3C)cn(C)c(=O)c2[nH]1. The van der Waals surface area contributed by atoms with Crippen LogP contribution in [0.15, 0.2) is 23.1 Å². The van der Waals surface area contributed by atoms with Crippen molar-refractivity contribution in [2.45, 2.75) is 64.1 Å². The largest absolute Gasteiger partial charge is 0.490 e. The maximum absolute atomic E-state index is 15.3. The lowest BCUT2D eigenvalue weighted by Crippen LogP contribution is -2.39. The van der Waals surface area contributed by atoms with Crippen LogP contribution >= 0.6 is 11.3 Å². The molecule has 3 aromatic rings. The maximum Gasteiger partial charge on any atom is 0.309 e. The summed E-state index contributed by atoms with van der Waals surface area (Å²) in [7, 11) is 3.20. The number of likely N-dealkylation sites (tertiary alicyclic amines) is 1. The van der Waals surface area contributed by atoms with E-state index >= 15 is 8.78 Å². The number of likely N-dealkylation sites (N-methyl/N-ethyl adjacent to an activating group) is 1. The number of ether oxygens (including phenoxy) is 1. The Balaban J connectivity index is 1.86. The second-order valence-corrected chi connectivity index (χ2v) is 11.6. The number of carbonyl (C=O) groups is 2. The van der Waals surface area contributed by atoms with E-state index < -0.39 is 22.3 Å². The monoisotopic (exact) mass is 550 g/mol. The molecule has 1 aliphatic rings. The highest BCUT2D eigenvalue weighted by atomic mass is 32.1. The van der Waals surface area contributed by atoms with Crippen molar-refractivity contribution in [3.8, 4) is 16.2 Å². The molecule has 206 valence electrons. The first-order chi connectivity index (χ1) is 17.6. The first-order valence-electron chi connectivity index (χ1n) is 12.3. The molecule has 9 nitrogen and oxygen atoms in total. The standard InChI is InChI=1S/C26H32F2N4O5S/c1-13(2)29-23(34)17-9-15-16(11-31(5)24(35)21(15)30-17)22-18(37-12-14-7-8-20(33)32(14)6)10-19(38-22)26(27,28)25(3,4)36/h9-11,13-14,30,36H,7-8,12H2,1-6H3,(H,29,34). The minimum Gasteiger partial charge on any atom is -0.490 e. The van der Waals surface area contributed by atoms with Gasteiger partial charge in [-0.15, -0.1) is 11.3 Å². The number of fused-ring (bicyclic) bond motifs is 1. The Morgan fingerprint density at radius 2 is 1.97 bits per heavy atom. The van der Waals surface area contributed by atoms with Gasteiger partial charge in [-0.05, 0) is 40.2 Å². The van der Waals surface area contributed by atoms with Gasteiger partial charge in [-0.2, -0.15) is 8.78 Å². The van der Waals surface area contributed by atoms with E-state index in [0.717, 1.165) is 25.2 Å². The van der Waals surface area contributed by atoms with E-state index in [9.17, 15) is 19.5 Å². The smallest absolute Gasteiger partial charge is 0.309 e. The number of nitrogens with one attached hydrogen (secondary N) is 2. The van der Waals surface area contributed by atoms with E-state index in [1.807, 2.05) is 0 Å². The average molecular weight is 551 g/mol. The van der Waals surface area contributed by atoms with Crippen LogP contribution in [0.25, 0.3) is 21.3 Å². The second kappa shape index (κ2) is 9.81. The molecule has 0 saturated carbocycles. The van der Waals surface area contributed by atoms with E-state index in [2.05, 4.69) is 10.3 Å². The van der Waals surface area contributed by atoms with E-state index in [1.54, 1.807) is 25.8 Å². The number of carbonyl (C=O) groups excluding carboxylic acids is 2. The van der Waals surface area contributed by atoms with Gasteiger partial charge in [-0.25, -0.2) is 0 Å². The van der Waals surface area contributed by atoms with Gasteiger partial charge in [0.25, 0.3) is 11.5 Å². The number of alkyl halides is 2. The van der Waals surface area contributed by atoms with Crippen molar-refractivity contribution in [1.29, 1.82) is 0 Å². The van der Waals surface area contributed by atoms with E-state index in [1.165, 1.54) is 29.9 Å². The number of pyridine rings is 1. The molecule has 1 unspecified atom stereocenters. The van der Waals surface area contributed by atoms with Crippen molar-refractivity contribution in [1.82, 2.24) is 19.8 Å². The normalized spacial score (nSPS) is 16.6. The highest BCUT2D eigenvalue weighted by Gasteiger charge is 2.49. The van der Waals surface area contributed by atoms with E-state index in [4.69, 9.17) is 4.74 Å². The number of aliphatic hydroxyl groups is 1. The van der Waals surface area contributed by atoms with Crippen LogP contribution < -0.4 is 15.6 Å². The molecule has 4 rings (SSSR count). The van der Waals surface area contributed by atoms with E-state index in [0.29, 0.717) is 28.7 Å². The van der Waals surface area contributed by atoms with Gasteiger partial charge in [0.2, 0.25) is 5.91 Å². The molecule has 0 radical (unpaired) electrons. The summed E-state index contributed by atoms with van der Waals surface area (Å²) >= 11 is 0.743. The molecule has 0 spiro atoms. The number of halogens is 2. The number of aromatic amines is 1. The van der Waals surface area contributed by atoms with Crippen LogP contribution in [0.3, 0.4) is 0 Å². The van der Waals surface area contributed by atoms with Crippen molar-refractivity contribution in [2.75, 3.05) is 13.7 Å². The summed E-state index contributed by atoms with van der Waals surface area (Å²) in [6.07, 6.45) is 2.48. The minimum absolute atomic E-state index is 0.0160. The van der Waals surface area contributed by atoms with Crippen LogP contribution in [-0.2, 0) is 17.8 Å². The minimum atomic E-state index is -3.60. The molecule has 1 atom stereocenters. The van der Waals surface area contributed by atoms with Gasteiger partial charge in [-0.3, -0.25) is 14.4 Å². The van der Waals surface area contributed by atoms with Gasteiger partial charge in [0.05, 0.1) is 15.8 Å². The first kappa shape index (κ1) is 27.8. The third-order valence-electron chi connectivity index (χ3n) is 6.71. The molecule has 1 saturated heterocycles. The van der Waals surface area contributed by atoms with E-state index in [-0.39, 0.29) is 47.1 Å². The predicted molar refractivity (Wildman–Crippen MR) is 141 cm³/mol. The summed E-state index contributed by atoms with van der Waals surface area (Å²) in [5.41, 5.74) is -2.02. The van der Waals surface area contributed by atoms with Gasteiger partial charge < -0.3 is 29.6 Å². The fraction of sp³-hybridized carbons (Fsp3) is 0.500. The third kappa shape index (κ3) is 4.94. The number of amides is 2. The average Bonchev–Trinajstić information content (AvgIpc) is 3.52. The molecule has 3 N–H and O–H groups in total. The summed E-state index contributed by atoms with van der Waals surface area (Å²) in [5.74, 6) is -3.89. The fourth-order valence-electron chi connectivity index (χ4n) is 4.35. The highest BCUT2D eigenvalue weighted by Crippen LogP contribution is 2.49. The molecular weight excluding hydrogens is 518 g/mol. The Hall–Kier alpha value is -3.25. The number of nitrogens with zero attached hydrogens (tertiary/aromatic N) is 2. The molecule has 3 aromatic heterocycles. The number of H-pyrrole nitrogens is 1. The lowest BCUT2D eigenvalue weighted by Gasteiger charge is -2.27. The molecule has 0 aromatic carbocycles. The molecular formula is C26H32F2N4O5S. The number of rotatable bonds is 8. The quantitative estimate of drug-likeness (QED) is 0.396. The molecule has 1 aliphatic heterocycles. The van der Waals surface area contributed by atoms with Gasteiger partial charge in [-0.1, -0.05) is 0 Å². The Morgan fingerprint density at radius 3 is 2.55 bits per heavy atom. The number of hydrogen-bond acceptors (Lipinski definition) is 6. The van der Waals surface area contributed by atoms with Gasteiger partial charge in [0.15, 0.2) is 0 Å². The number of thiophene rings is 1. The zero-order valence-electron chi connectivity index (χ0n) is 22.1. The summed E-state index contributed by atoms with van der Waals surface area (Å²) in [6.45, 7) is 5.76. The molecule has 1 fully saturated rings. The van der Waals surface area contributed by atoms with Gasteiger partial charge in [0.1, 0.15) is 29.2 Å². The van der Waals surface area contributed by atoms with Crippen LogP contribution in [0.1, 0.15) is 55.9 Å². The Morgan fingerprint density at radius 1 is 1.29 bits per heavy atom. The third-order valence-corrected chi connectivity index (χ3v) is 7.93.